The van der Waals surface area contributed by atoms with E-state index >= 15 is 0 Å². The number of hydrogen-bond donors (Lipinski definition) is 3. The van der Waals surface area contributed by atoms with Gasteiger partial charge in [0.15, 0.2) is 0 Å². The number of fused-ring (bicyclic) bond motifs is 2. The number of ether oxygens (including phenoxy) is 1. The highest BCUT2D eigenvalue weighted by atomic mass is 16.5. The Morgan fingerprint density at radius 1 is 0.927 bits per heavy atom. The van der Waals surface area contributed by atoms with Gasteiger partial charge >= 0.3 is 5.97 Å². The van der Waals surface area contributed by atoms with Gasteiger partial charge in [0.2, 0.25) is 5.91 Å². The van der Waals surface area contributed by atoms with Crippen molar-refractivity contribution in [1.82, 2.24) is 9.88 Å². The maximum Gasteiger partial charge on any atom is 0.337 e. The van der Waals surface area contributed by atoms with Gasteiger partial charge in [0.1, 0.15) is 0 Å². The number of methoxy groups -OCH3 is 1. The fraction of sp³-hybridized carbons (Fsp3) is 0.219. The highest BCUT2D eigenvalue weighted by Crippen LogP contribution is 2.39. The number of amides is 2. The molecule has 3 N–H and O–H groups in total. The van der Waals surface area contributed by atoms with Crippen LogP contribution in [0.5, 0.6) is 0 Å². The smallest absolute Gasteiger partial charge is 0.337 e. The summed E-state index contributed by atoms with van der Waals surface area (Å²) in [5, 5.41) is 7.38. The van der Waals surface area contributed by atoms with Crippen LogP contribution in [0.4, 0.5) is 17.1 Å². The maximum absolute atomic E-state index is 13.4. The third-order valence-electron chi connectivity index (χ3n) is 7.09. The highest BCUT2D eigenvalue weighted by molar-refractivity contribution is 6.37. The summed E-state index contributed by atoms with van der Waals surface area (Å²) in [5.41, 5.74) is 6.04. The number of H-pyrrole nitrogens is 1. The second kappa shape index (κ2) is 11.7. The third kappa shape index (κ3) is 5.85. The lowest BCUT2D eigenvalue weighted by Gasteiger charge is -2.23. The summed E-state index contributed by atoms with van der Waals surface area (Å²) in [6, 6.07) is 20.6. The molecule has 0 saturated heterocycles. The molecule has 0 radical (unpaired) electrons. The number of anilines is 3. The van der Waals surface area contributed by atoms with E-state index in [1.54, 1.807) is 30.0 Å². The Labute approximate surface area is 238 Å². The lowest BCUT2D eigenvalue weighted by molar-refractivity contribution is -0.116. The number of hydrogen-bond acceptors (Lipinski definition) is 6. The van der Waals surface area contributed by atoms with Crippen LogP contribution in [0, 0.1) is 0 Å². The molecule has 0 fully saturated rings. The molecule has 2 amide bonds. The van der Waals surface area contributed by atoms with Gasteiger partial charge in [-0.2, -0.15) is 0 Å². The summed E-state index contributed by atoms with van der Waals surface area (Å²) in [4.78, 5) is 44.9. The Balaban J connectivity index is 1.53. The molecule has 9 heteroatoms. The topological polar surface area (TPSA) is 107 Å². The van der Waals surface area contributed by atoms with E-state index in [1.165, 1.54) is 7.11 Å². The SMILES string of the molecule is COC(=O)c1ccc2c(c1)NC(=O)C2=C(Nc1ccc(N(CCCN(C)C)C(C)=O)cc1)c1ccc2[nH]ccc2c1. The molecule has 3 aromatic carbocycles. The Morgan fingerprint density at radius 3 is 2.39 bits per heavy atom. The first kappa shape index (κ1) is 27.7. The van der Waals surface area contributed by atoms with Gasteiger partial charge in [-0.05, 0) is 87.2 Å². The van der Waals surface area contributed by atoms with Crippen molar-refractivity contribution in [2.75, 3.05) is 49.8 Å². The second-order valence-electron chi connectivity index (χ2n) is 10.2. The van der Waals surface area contributed by atoms with Gasteiger partial charge in [0, 0.05) is 47.5 Å². The number of esters is 1. The number of carbonyl (C=O) groups is 3. The number of rotatable bonds is 9. The molecule has 0 spiro atoms. The first-order chi connectivity index (χ1) is 19.7. The number of carbonyl (C=O) groups excluding carboxylic acids is 3. The van der Waals surface area contributed by atoms with Crippen LogP contribution in [0.1, 0.15) is 34.8 Å². The van der Waals surface area contributed by atoms with E-state index in [0.29, 0.717) is 34.6 Å². The summed E-state index contributed by atoms with van der Waals surface area (Å²) < 4.78 is 4.85. The van der Waals surface area contributed by atoms with E-state index in [-0.39, 0.29) is 11.8 Å². The highest BCUT2D eigenvalue weighted by Gasteiger charge is 2.29. The summed E-state index contributed by atoms with van der Waals surface area (Å²) in [7, 11) is 5.35. The van der Waals surface area contributed by atoms with Crippen LogP contribution >= 0.6 is 0 Å². The lowest BCUT2D eigenvalue weighted by atomic mass is 9.98. The van der Waals surface area contributed by atoms with Crippen molar-refractivity contribution in [2.24, 2.45) is 0 Å². The minimum atomic E-state index is -0.475. The predicted molar refractivity (Wildman–Crippen MR) is 163 cm³/mol. The Bertz CT molecular complexity index is 1650. The number of nitrogens with zero attached hydrogens (tertiary/aromatic N) is 2. The molecule has 1 aromatic heterocycles. The van der Waals surface area contributed by atoms with Gasteiger partial charge in [0.25, 0.3) is 5.91 Å². The molecule has 0 aliphatic carbocycles. The summed E-state index contributed by atoms with van der Waals surface area (Å²) in [6.07, 6.45) is 2.73. The molecule has 9 nitrogen and oxygen atoms in total. The van der Waals surface area contributed by atoms with Crippen molar-refractivity contribution in [3.05, 3.63) is 89.6 Å². The van der Waals surface area contributed by atoms with E-state index in [1.807, 2.05) is 68.8 Å². The van der Waals surface area contributed by atoms with Gasteiger partial charge < -0.3 is 30.2 Å². The molecule has 0 bridgehead atoms. The van der Waals surface area contributed by atoms with E-state index in [9.17, 15) is 14.4 Å². The summed E-state index contributed by atoms with van der Waals surface area (Å²) in [6.45, 7) is 3.08. The Kier molecular flexibility index (Phi) is 7.89. The molecular weight excluding hydrogens is 518 g/mol. The number of nitrogens with one attached hydrogen (secondary N) is 3. The minimum Gasteiger partial charge on any atom is -0.465 e. The first-order valence-corrected chi connectivity index (χ1v) is 13.4. The van der Waals surface area contributed by atoms with Gasteiger partial charge in [-0.3, -0.25) is 9.59 Å². The van der Waals surface area contributed by atoms with Crippen LogP contribution < -0.4 is 15.5 Å². The second-order valence-corrected chi connectivity index (χ2v) is 10.2. The molecule has 1 aliphatic heterocycles. The maximum atomic E-state index is 13.4. The Hall–Kier alpha value is -4.89. The van der Waals surface area contributed by atoms with Crippen LogP contribution in [-0.4, -0.2) is 62.0 Å². The average molecular weight is 552 g/mol. The van der Waals surface area contributed by atoms with Crippen LogP contribution in [0.2, 0.25) is 0 Å². The van der Waals surface area contributed by atoms with E-state index < -0.39 is 5.97 Å². The fourth-order valence-corrected chi connectivity index (χ4v) is 5.04. The van der Waals surface area contributed by atoms with Crippen molar-refractivity contribution in [1.29, 1.82) is 0 Å². The largest absolute Gasteiger partial charge is 0.465 e. The zero-order valence-corrected chi connectivity index (χ0v) is 23.6. The number of benzene rings is 3. The summed E-state index contributed by atoms with van der Waals surface area (Å²) in [5.74, 6) is -0.770. The fourth-order valence-electron chi connectivity index (χ4n) is 5.04. The molecule has 4 aromatic rings. The standard InChI is InChI=1S/C32H33N5O4/c1-20(38)37(17-5-16-36(2)3)25-10-8-24(9-11-25)34-30(22-7-13-27-21(18-22)14-15-33-27)29-26-12-6-23(32(40)41-4)19-28(26)35-31(29)39/h6-15,18-19,33-34H,5,16-17H2,1-4H3,(H,35,39). The van der Waals surface area contributed by atoms with E-state index in [2.05, 4.69) is 20.5 Å². The van der Waals surface area contributed by atoms with E-state index in [4.69, 9.17) is 4.74 Å². The minimum absolute atomic E-state index is 0.0161. The van der Waals surface area contributed by atoms with Crippen molar-refractivity contribution >= 4 is 57.0 Å². The monoisotopic (exact) mass is 551 g/mol. The molecule has 2 heterocycles. The quantitative estimate of drug-likeness (QED) is 0.195. The predicted octanol–water partition coefficient (Wildman–Crippen LogP) is 5.19. The van der Waals surface area contributed by atoms with E-state index in [0.717, 1.165) is 40.8 Å². The molecule has 5 rings (SSSR count). The third-order valence-corrected chi connectivity index (χ3v) is 7.09. The zero-order valence-electron chi connectivity index (χ0n) is 23.6. The molecule has 210 valence electrons. The molecule has 0 saturated carbocycles. The molecular formula is C32H33N5O4. The van der Waals surface area contributed by atoms with Crippen molar-refractivity contribution in [3.63, 3.8) is 0 Å². The van der Waals surface area contributed by atoms with Crippen LogP contribution in [0.15, 0.2) is 72.9 Å². The normalized spacial score (nSPS) is 13.6. The zero-order chi connectivity index (χ0) is 29.1. The van der Waals surface area contributed by atoms with Crippen molar-refractivity contribution in [3.8, 4) is 0 Å². The van der Waals surface area contributed by atoms with Crippen LogP contribution in [-0.2, 0) is 14.3 Å². The van der Waals surface area contributed by atoms with Gasteiger partial charge in [-0.1, -0.05) is 12.1 Å². The van der Waals surface area contributed by atoms with Gasteiger partial charge in [-0.25, -0.2) is 4.79 Å². The molecule has 0 unspecified atom stereocenters. The molecule has 41 heavy (non-hydrogen) atoms. The number of aromatic amines is 1. The summed E-state index contributed by atoms with van der Waals surface area (Å²) >= 11 is 0. The van der Waals surface area contributed by atoms with Crippen molar-refractivity contribution < 1.29 is 19.1 Å². The first-order valence-electron chi connectivity index (χ1n) is 13.4. The average Bonchev–Trinajstić information content (AvgIpc) is 3.56. The molecule has 1 aliphatic rings. The van der Waals surface area contributed by atoms with Gasteiger partial charge in [0.05, 0.1) is 29.6 Å². The Morgan fingerprint density at radius 2 is 1.68 bits per heavy atom. The van der Waals surface area contributed by atoms with Crippen LogP contribution in [0.25, 0.3) is 22.2 Å². The molecule has 0 atom stereocenters. The van der Waals surface area contributed by atoms with Gasteiger partial charge in [-0.15, -0.1) is 0 Å². The van der Waals surface area contributed by atoms with Crippen molar-refractivity contribution in [2.45, 2.75) is 13.3 Å². The van der Waals surface area contributed by atoms with Crippen LogP contribution in [0.3, 0.4) is 0 Å². The number of aromatic nitrogens is 1. The lowest BCUT2D eigenvalue weighted by Crippen LogP contribution is -2.31.